The third kappa shape index (κ3) is 1.86. The van der Waals surface area contributed by atoms with Gasteiger partial charge in [0.15, 0.2) is 0 Å². The molecule has 0 unspecified atom stereocenters. The van der Waals surface area contributed by atoms with Crippen molar-refractivity contribution in [2.45, 2.75) is 63.7 Å². The van der Waals surface area contributed by atoms with Gasteiger partial charge in [0.1, 0.15) is 6.10 Å². The summed E-state index contributed by atoms with van der Waals surface area (Å²) in [6.45, 7) is 5.99. The van der Waals surface area contributed by atoms with Crippen LogP contribution in [0.15, 0.2) is 11.6 Å². The third-order valence-corrected chi connectivity index (χ3v) is 6.64. The summed E-state index contributed by atoms with van der Waals surface area (Å²) in [5.74, 6) is 0.741. The number of piperidine rings is 1. The summed E-state index contributed by atoms with van der Waals surface area (Å²) >= 11 is 0. The van der Waals surface area contributed by atoms with Crippen molar-refractivity contribution in [1.82, 2.24) is 4.90 Å². The van der Waals surface area contributed by atoms with Crippen LogP contribution in [0.25, 0.3) is 0 Å². The molecule has 22 heavy (non-hydrogen) atoms. The molecule has 0 radical (unpaired) electrons. The maximum atomic E-state index is 11.5. The fraction of sp³-hybridized carbons (Fsp3) is 0.833. The summed E-state index contributed by atoms with van der Waals surface area (Å²) in [7, 11) is 0. The molecule has 0 aromatic carbocycles. The minimum Gasteiger partial charge on any atom is -0.462 e. The van der Waals surface area contributed by atoms with E-state index < -0.39 is 0 Å². The van der Waals surface area contributed by atoms with Crippen LogP contribution in [0.2, 0.25) is 0 Å². The monoisotopic (exact) mass is 305 g/mol. The van der Waals surface area contributed by atoms with Gasteiger partial charge in [0, 0.05) is 30.8 Å². The molecule has 0 aromatic rings. The summed E-state index contributed by atoms with van der Waals surface area (Å²) in [5, 5.41) is 10.8. The van der Waals surface area contributed by atoms with E-state index in [9.17, 15) is 9.90 Å². The summed E-state index contributed by atoms with van der Waals surface area (Å²) in [4.78, 5) is 14.2. The van der Waals surface area contributed by atoms with E-state index >= 15 is 0 Å². The number of ether oxygens (including phenoxy) is 1. The Bertz CT molecular complexity index is 516. The molecule has 0 amide bonds. The average Bonchev–Trinajstić information content (AvgIpc) is 2.47. The molecule has 4 aliphatic rings. The maximum absolute atomic E-state index is 11.5. The van der Waals surface area contributed by atoms with Gasteiger partial charge in [0.05, 0.1) is 6.10 Å². The van der Waals surface area contributed by atoms with Crippen molar-refractivity contribution < 1.29 is 14.6 Å². The number of nitrogens with zero attached hydrogens (tertiary/aromatic N) is 1. The van der Waals surface area contributed by atoms with Gasteiger partial charge in [0.2, 0.25) is 0 Å². The van der Waals surface area contributed by atoms with E-state index in [1.807, 2.05) is 0 Å². The van der Waals surface area contributed by atoms with Gasteiger partial charge in [-0.15, -0.1) is 0 Å². The van der Waals surface area contributed by atoms with Gasteiger partial charge in [-0.2, -0.15) is 0 Å². The van der Waals surface area contributed by atoms with Crippen LogP contribution < -0.4 is 0 Å². The zero-order chi connectivity index (χ0) is 15.5. The first-order chi connectivity index (χ1) is 10.5. The van der Waals surface area contributed by atoms with Crippen molar-refractivity contribution in [2.24, 2.45) is 17.8 Å². The van der Waals surface area contributed by atoms with Gasteiger partial charge in [0.25, 0.3) is 0 Å². The zero-order valence-corrected chi connectivity index (χ0v) is 13.6. The summed E-state index contributed by atoms with van der Waals surface area (Å²) in [5.41, 5.74) is 1.53. The Morgan fingerprint density at radius 2 is 2.27 bits per heavy atom. The number of aliphatic hydroxyl groups excluding tert-OH is 1. The lowest BCUT2D eigenvalue weighted by Crippen LogP contribution is -2.70. The van der Waals surface area contributed by atoms with Crippen molar-refractivity contribution in [3.63, 3.8) is 0 Å². The van der Waals surface area contributed by atoms with Crippen LogP contribution in [-0.4, -0.2) is 46.8 Å². The Morgan fingerprint density at radius 1 is 1.45 bits per heavy atom. The van der Waals surface area contributed by atoms with Gasteiger partial charge >= 0.3 is 5.97 Å². The highest BCUT2D eigenvalue weighted by Crippen LogP contribution is 2.59. The minimum absolute atomic E-state index is 0.0505. The number of carbonyl (C=O) groups excluding carboxylic acids is 1. The third-order valence-electron chi connectivity index (χ3n) is 6.64. The molecule has 4 nitrogen and oxygen atoms in total. The Kier molecular flexibility index (Phi) is 3.39. The molecule has 1 spiro atoms. The fourth-order valence-electron chi connectivity index (χ4n) is 6.07. The molecule has 6 atom stereocenters. The van der Waals surface area contributed by atoms with Crippen LogP contribution in [0.5, 0.6) is 0 Å². The summed E-state index contributed by atoms with van der Waals surface area (Å²) < 4.78 is 5.70. The van der Waals surface area contributed by atoms with Gasteiger partial charge in [-0.3, -0.25) is 9.69 Å². The molecule has 2 aliphatic carbocycles. The topological polar surface area (TPSA) is 49.8 Å². The number of esters is 1. The van der Waals surface area contributed by atoms with Crippen molar-refractivity contribution >= 4 is 5.97 Å². The number of rotatable bonds is 1. The lowest BCUT2D eigenvalue weighted by Gasteiger charge is -2.65. The molecule has 122 valence electrons. The van der Waals surface area contributed by atoms with Crippen molar-refractivity contribution in [3.05, 3.63) is 11.6 Å². The average molecular weight is 305 g/mol. The van der Waals surface area contributed by atoms with Crippen LogP contribution in [0, 0.1) is 17.8 Å². The predicted octanol–water partition coefficient (Wildman–Crippen LogP) is 2.12. The first kappa shape index (κ1) is 14.7. The molecule has 3 fully saturated rings. The van der Waals surface area contributed by atoms with E-state index in [0.29, 0.717) is 11.8 Å². The Labute approximate surface area is 132 Å². The highest BCUT2D eigenvalue weighted by molar-refractivity contribution is 5.66. The molecule has 2 heterocycles. The number of hydrogen-bond donors (Lipinski definition) is 1. The standard InChI is InChI=1S/C18H27NO3/c1-11-10-18-14-5-3-7-19(18)8-4-6-15(18)16(21)9-13(14)17(11)22-12(2)20/h5,11,13,15-17,21H,3-4,6-10H2,1-2H3/t11-,13-,15+,16-,17+,18+/m0/s1. The van der Waals surface area contributed by atoms with Gasteiger partial charge in [-0.25, -0.2) is 0 Å². The second-order valence-electron chi connectivity index (χ2n) is 7.77. The molecule has 1 saturated heterocycles. The zero-order valence-electron chi connectivity index (χ0n) is 13.6. The van der Waals surface area contributed by atoms with Crippen molar-refractivity contribution in [2.75, 3.05) is 13.1 Å². The van der Waals surface area contributed by atoms with Crippen LogP contribution in [-0.2, 0) is 9.53 Å². The smallest absolute Gasteiger partial charge is 0.302 e. The SMILES string of the molecule is CC(=O)O[C@@H]1[C@@H](C)C[C@]23C4=CCCN2CCC[C@@H]3[C@@H](O)C[C@@H]41. The maximum Gasteiger partial charge on any atom is 0.302 e. The quantitative estimate of drug-likeness (QED) is 0.595. The normalized spacial score (nSPS) is 47.4. The first-order valence-electron chi connectivity index (χ1n) is 8.85. The number of carbonyl (C=O) groups is 1. The largest absolute Gasteiger partial charge is 0.462 e. The molecule has 2 aliphatic heterocycles. The van der Waals surface area contributed by atoms with Crippen LogP contribution in [0.3, 0.4) is 0 Å². The predicted molar refractivity (Wildman–Crippen MR) is 83.2 cm³/mol. The Balaban J connectivity index is 1.79. The highest BCUT2D eigenvalue weighted by Gasteiger charge is 2.62. The lowest BCUT2D eigenvalue weighted by molar-refractivity contribution is -0.171. The lowest BCUT2D eigenvalue weighted by atomic mass is 9.51. The van der Waals surface area contributed by atoms with E-state index in [2.05, 4.69) is 17.9 Å². The van der Waals surface area contributed by atoms with E-state index in [1.165, 1.54) is 18.9 Å². The Hall–Kier alpha value is -0.870. The minimum atomic E-state index is -0.256. The number of aliphatic hydroxyl groups is 1. The molecule has 2 saturated carbocycles. The molecule has 2 bridgehead atoms. The van der Waals surface area contributed by atoms with Gasteiger partial charge < -0.3 is 9.84 Å². The molecule has 0 aromatic heterocycles. The Morgan fingerprint density at radius 3 is 3.05 bits per heavy atom. The molecule has 4 heteroatoms. The van der Waals surface area contributed by atoms with Crippen LogP contribution >= 0.6 is 0 Å². The second-order valence-corrected chi connectivity index (χ2v) is 7.77. The summed E-state index contributed by atoms with van der Waals surface area (Å²) in [6.07, 6.45) is 7.30. The van der Waals surface area contributed by atoms with Crippen molar-refractivity contribution in [3.8, 4) is 0 Å². The molecular formula is C18H27NO3. The molecular weight excluding hydrogens is 278 g/mol. The summed E-state index contributed by atoms with van der Waals surface area (Å²) in [6, 6.07) is 0. The highest BCUT2D eigenvalue weighted by atomic mass is 16.5. The van der Waals surface area contributed by atoms with E-state index in [-0.39, 0.29) is 29.6 Å². The molecule has 1 N–H and O–H groups in total. The van der Waals surface area contributed by atoms with Gasteiger partial charge in [-0.1, -0.05) is 13.0 Å². The van der Waals surface area contributed by atoms with E-state index in [0.717, 1.165) is 38.8 Å². The fourth-order valence-corrected chi connectivity index (χ4v) is 6.07. The van der Waals surface area contributed by atoms with Crippen LogP contribution in [0.4, 0.5) is 0 Å². The van der Waals surface area contributed by atoms with E-state index in [1.54, 1.807) is 0 Å². The first-order valence-corrected chi connectivity index (χ1v) is 8.85. The van der Waals surface area contributed by atoms with E-state index in [4.69, 9.17) is 4.74 Å². The van der Waals surface area contributed by atoms with Crippen molar-refractivity contribution in [1.29, 1.82) is 0 Å². The van der Waals surface area contributed by atoms with Gasteiger partial charge in [-0.05, 0) is 50.1 Å². The molecule has 4 rings (SSSR count). The van der Waals surface area contributed by atoms with Crippen LogP contribution in [0.1, 0.15) is 46.0 Å². The number of hydrogen-bond acceptors (Lipinski definition) is 4. The second kappa shape index (κ2) is 5.07.